The molecule has 0 unspecified atom stereocenters. The van der Waals surface area contributed by atoms with Crippen molar-refractivity contribution in [1.82, 2.24) is 0 Å². The Morgan fingerprint density at radius 3 is 1.82 bits per heavy atom. The van der Waals surface area contributed by atoms with Gasteiger partial charge in [-0.25, -0.2) is 0 Å². The molecular formula is C28H43O3PSi. The molecule has 0 radical (unpaired) electrons. The fraction of sp³-hybridized carbons (Fsp3) is 0.571. The van der Waals surface area contributed by atoms with E-state index in [0.29, 0.717) is 19.4 Å². The summed E-state index contributed by atoms with van der Waals surface area (Å²) in [6, 6.07) is 19.7. The SMILES string of the molecule is C[C@H](CO[Si](C)(C)C(C)(C)C)[C@H](C1(O)CCCCC1)P(=O)(c1ccccc1)c1ccccc1. The number of benzene rings is 2. The van der Waals surface area contributed by atoms with Crippen LogP contribution in [-0.2, 0) is 8.99 Å². The lowest BCUT2D eigenvalue weighted by Gasteiger charge is -2.47. The van der Waals surface area contributed by atoms with Crippen LogP contribution in [0.1, 0.15) is 59.8 Å². The zero-order valence-corrected chi connectivity index (χ0v) is 23.3. The van der Waals surface area contributed by atoms with Crippen molar-refractivity contribution in [1.29, 1.82) is 0 Å². The summed E-state index contributed by atoms with van der Waals surface area (Å²) in [7, 11) is -5.14. The van der Waals surface area contributed by atoms with Crippen LogP contribution < -0.4 is 10.6 Å². The van der Waals surface area contributed by atoms with Gasteiger partial charge in [0, 0.05) is 17.2 Å². The van der Waals surface area contributed by atoms with Crippen LogP contribution in [-0.4, -0.2) is 31.3 Å². The lowest BCUT2D eigenvalue weighted by atomic mass is 9.78. The van der Waals surface area contributed by atoms with Crippen LogP contribution in [0.25, 0.3) is 0 Å². The van der Waals surface area contributed by atoms with Gasteiger partial charge >= 0.3 is 0 Å². The molecule has 1 aliphatic carbocycles. The summed E-state index contributed by atoms with van der Waals surface area (Å²) in [5.74, 6) is -0.0477. The fourth-order valence-corrected chi connectivity index (χ4v) is 10.1. The molecule has 1 N–H and O–H groups in total. The van der Waals surface area contributed by atoms with Crippen molar-refractivity contribution < 1.29 is 14.1 Å². The molecule has 1 aliphatic rings. The number of rotatable bonds is 8. The van der Waals surface area contributed by atoms with Gasteiger partial charge < -0.3 is 14.1 Å². The standard InChI is InChI=1S/C28H43O3PSi/c1-23(22-31-33(5,6)27(2,3)4)26(28(29)20-14-9-15-21-28)32(30,24-16-10-7-11-17-24)25-18-12-8-13-19-25/h7-8,10-13,16-19,23,26,29H,9,14-15,20-22H2,1-6H3/t23-,26-/m1/s1. The average molecular weight is 487 g/mol. The molecule has 2 atom stereocenters. The Labute approximate surface area is 202 Å². The maximum absolute atomic E-state index is 15.4. The molecular weight excluding hydrogens is 443 g/mol. The molecule has 1 fully saturated rings. The average Bonchev–Trinajstić information content (AvgIpc) is 2.78. The predicted octanol–water partition coefficient (Wildman–Crippen LogP) is 6.72. The van der Waals surface area contributed by atoms with Crippen LogP contribution in [0.4, 0.5) is 0 Å². The first-order chi connectivity index (χ1) is 15.4. The van der Waals surface area contributed by atoms with E-state index in [1.54, 1.807) is 0 Å². The second kappa shape index (κ2) is 10.2. The highest BCUT2D eigenvalue weighted by molar-refractivity contribution is 7.79. The van der Waals surface area contributed by atoms with Gasteiger partial charge in [-0.15, -0.1) is 0 Å². The van der Waals surface area contributed by atoms with Crippen LogP contribution in [0.5, 0.6) is 0 Å². The molecule has 0 bridgehead atoms. The zero-order valence-electron chi connectivity index (χ0n) is 21.4. The Kier molecular flexibility index (Phi) is 8.16. The topological polar surface area (TPSA) is 46.5 Å². The quantitative estimate of drug-likeness (QED) is 0.333. The Balaban J connectivity index is 2.11. The van der Waals surface area contributed by atoms with Gasteiger partial charge in [0.15, 0.2) is 8.32 Å². The molecule has 33 heavy (non-hydrogen) atoms. The van der Waals surface area contributed by atoms with Crippen LogP contribution in [0.15, 0.2) is 60.7 Å². The Hall–Kier alpha value is -1.19. The minimum atomic E-state index is -3.16. The van der Waals surface area contributed by atoms with Gasteiger partial charge in [-0.1, -0.05) is 108 Å². The predicted molar refractivity (Wildman–Crippen MR) is 144 cm³/mol. The summed E-state index contributed by atoms with van der Waals surface area (Å²) in [5, 5.41) is 13.9. The number of aliphatic hydroxyl groups is 1. The highest BCUT2D eigenvalue weighted by Crippen LogP contribution is 2.58. The van der Waals surface area contributed by atoms with Gasteiger partial charge in [0.05, 0.1) is 11.3 Å². The van der Waals surface area contributed by atoms with Crippen molar-refractivity contribution in [2.24, 2.45) is 5.92 Å². The second-order valence-electron chi connectivity index (χ2n) is 11.5. The first-order valence-electron chi connectivity index (χ1n) is 12.5. The molecule has 0 saturated heterocycles. The molecule has 0 heterocycles. The summed E-state index contributed by atoms with van der Waals surface area (Å²) < 4.78 is 22.0. The van der Waals surface area contributed by atoms with E-state index in [1.807, 2.05) is 60.7 Å². The van der Waals surface area contributed by atoms with Crippen molar-refractivity contribution in [3.63, 3.8) is 0 Å². The van der Waals surface area contributed by atoms with E-state index in [0.717, 1.165) is 29.9 Å². The first-order valence-corrected chi connectivity index (χ1v) is 17.2. The van der Waals surface area contributed by atoms with Gasteiger partial charge in [-0.3, -0.25) is 0 Å². The maximum atomic E-state index is 15.4. The second-order valence-corrected chi connectivity index (χ2v) is 19.2. The first kappa shape index (κ1) is 26.4. The molecule has 2 aromatic rings. The maximum Gasteiger partial charge on any atom is 0.191 e. The molecule has 3 rings (SSSR count). The van der Waals surface area contributed by atoms with Crippen molar-refractivity contribution in [3.05, 3.63) is 60.7 Å². The minimum Gasteiger partial charge on any atom is -0.417 e. The van der Waals surface area contributed by atoms with E-state index in [-0.39, 0.29) is 16.6 Å². The minimum absolute atomic E-state index is 0.0477. The van der Waals surface area contributed by atoms with Crippen molar-refractivity contribution in [2.75, 3.05) is 6.61 Å². The molecule has 0 aliphatic heterocycles. The van der Waals surface area contributed by atoms with Crippen molar-refractivity contribution in [2.45, 2.75) is 89.2 Å². The zero-order chi connectivity index (χ0) is 24.3. The Morgan fingerprint density at radius 2 is 1.39 bits per heavy atom. The highest BCUT2D eigenvalue weighted by Gasteiger charge is 2.52. The largest absolute Gasteiger partial charge is 0.417 e. The van der Waals surface area contributed by atoms with Gasteiger partial charge in [0.1, 0.15) is 7.14 Å². The Bertz CT molecular complexity index is 887. The number of hydrogen-bond acceptors (Lipinski definition) is 3. The van der Waals surface area contributed by atoms with Gasteiger partial charge in [0.2, 0.25) is 0 Å². The third-order valence-corrected chi connectivity index (χ3v) is 16.4. The monoisotopic (exact) mass is 486 g/mol. The smallest absolute Gasteiger partial charge is 0.191 e. The summed E-state index contributed by atoms with van der Waals surface area (Å²) in [6.07, 6.45) is 4.49. The van der Waals surface area contributed by atoms with E-state index in [9.17, 15) is 5.11 Å². The summed E-state index contributed by atoms with van der Waals surface area (Å²) >= 11 is 0. The van der Waals surface area contributed by atoms with Crippen LogP contribution in [0.2, 0.25) is 18.1 Å². The molecule has 0 spiro atoms. The molecule has 182 valence electrons. The third-order valence-electron chi connectivity index (χ3n) is 7.99. The van der Waals surface area contributed by atoms with Gasteiger partial charge in [-0.2, -0.15) is 0 Å². The molecule has 1 saturated carbocycles. The van der Waals surface area contributed by atoms with E-state index >= 15 is 4.57 Å². The summed E-state index contributed by atoms with van der Waals surface area (Å²) in [5.41, 5.74) is -1.35. The van der Waals surface area contributed by atoms with Crippen LogP contribution in [0.3, 0.4) is 0 Å². The summed E-state index contributed by atoms with van der Waals surface area (Å²) in [6.45, 7) is 13.9. The van der Waals surface area contributed by atoms with Gasteiger partial charge in [0.25, 0.3) is 0 Å². The molecule has 2 aromatic carbocycles. The molecule has 3 nitrogen and oxygen atoms in total. The fourth-order valence-electron chi connectivity index (χ4n) is 5.10. The van der Waals surface area contributed by atoms with Crippen molar-refractivity contribution >= 4 is 26.1 Å². The number of hydrogen-bond donors (Lipinski definition) is 1. The highest BCUT2D eigenvalue weighted by atomic mass is 31.2. The molecule has 0 aromatic heterocycles. The molecule has 5 heteroatoms. The van der Waals surface area contributed by atoms with E-state index in [2.05, 4.69) is 40.8 Å². The van der Waals surface area contributed by atoms with Gasteiger partial charge in [-0.05, 0) is 36.9 Å². The van der Waals surface area contributed by atoms with E-state index in [1.165, 1.54) is 0 Å². The summed E-state index contributed by atoms with van der Waals surface area (Å²) in [4.78, 5) is 0. The third kappa shape index (κ3) is 5.56. The van der Waals surface area contributed by atoms with Crippen LogP contribution in [0, 0.1) is 5.92 Å². The van der Waals surface area contributed by atoms with E-state index in [4.69, 9.17) is 4.43 Å². The van der Waals surface area contributed by atoms with Crippen LogP contribution >= 0.6 is 7.14 Å². The lowest BCUT2D eigenvalue weighted by Crippen LogP contribution is -2.52. The van der Waals surface area contributed by atoms with Crippen molar-refractivity contribution in [3.8, 4) is 0 Å². The normalized spacial score (nSPS) is 19.1. The van der Waals surface area contributed by atoms with E-state index < -0.39 is 21.1 Å². The molecule has 0 amide bonds. The lowest BCUT2D eigenvalue weighted by molar-refractivity contribution is -0.0170. The Morgan fingerprint density at radius 1 is 0.939 bits per heavy atom.